The number of ether oxygens (including phenoxy) is 1. The molecule has 11 rings (SSSR count). The average Bonchev–Trinajstić information content (AvgIpc) is 3.19. The Hall–Kier alpha value is -10.8. The SMILES string of the molecule is Cc1ccc(NC(=O)c2cc(F)cc(N3CCOCC3)c2)cc1Nc1ncnn2cc(C(=O)N[C@@H](C)c3ccccc3)c(C)c12.Cc1ccc(NC(=O)c2ccc(C#N)cc2)cc1Nc1ncnn2cc(C(=O)N[C@@H](C)c3ccccc3)c(C)c12. The van der Waals surface area contributed by atoms with Crippen LogP contribution < -0.4 is 36.8 Å². The number of carbonyl (C=O) groups is 4. The molecule has 4 amide bonds. The van der Waals surface area contributed by atoms with Crippen molar-refractivity contribution in [2.45, 2.75) is 53.6 Å². The first-order chi connectivity index (χ1) is 41.1. The van der Waals surface area contributed by atoms with E-state index in [1.807, 2.05) is 137 Å². The van der Waals surface area contributed by atoms with E-state index in [1.54, 1.807) is 63.9 Å². The van der Waals surface area contributed by atoms with Crippen molar-refractivity contribution >= 4 is 74.7 Å². The van der Waals surface area contributed by atoms with Gasteiger partial charge in [-0.3, -0.25) is 19.2 Å². The lowest BCUT2D eigenvalue weighted by atomic mass is 10.1. The fraction of sp³-hybridized carbons (Fsp3) is 0.185. The van der Waals surface area contributed by atoms with Gasteiger partial charge in [0.15, 0.2) is 11.6 Å². The van der Waals surface area contributed by atoms with Crippen molar-refractivity contribution in [2.24, 2.45) is 0 Å². The second kappa shape index (κ2) is 25.6. The Bertz CT molecular complexity index is 4160. The van der Waals surface area contributed by atoms with Crippen LogP contribution >= 0.6 is 0 Å². The van der Waals surface area contributed by atoms with Gasteiger partial charge in [0.2, 0.25) is 0 Å². The van der Waals surface area contributed by atoms with Gasteiger partial charge in [-0.05, 0) is 142 Å². The number of rotatable bonds is 15. The van der Waals surface area contributed by atoms with Crippen molar-refractivity contribution in [3.8, 4) is 6.07 Å². The Balaban J connectivity index is 0.000000190. The van der Waals surface area contributed by atoms with Crippen LogP contribution in [0.2, 0.25) is 0 Å². The zero-order valence-electron chi connectivity index (χ0n) is 47.6. The first-order valence-corrected chi connectivity index (χ1v) is 27.5. The Morgan fingerprint density at radius 3 is 1.52 bits per heavy atom. The van der Waals surface area contributed by atoms with Gasteiger partial charge in [-0.15, -0.1) is 0 Å². The highest BCUT2D eigenvalue weighted by atomic mass is 19.1. The molecule has 19 nitrogen and oxygen atoms in total. The minimum Gasteiger partial charge on any atom is -0.378 e. The van der Waals surface area contributed by atoms with Gasteiger partial charge in [0.05, 0.1) is 48.1 Å². The lowest BCUT2D eigenvalue weighted by Gasteiger charge is -2.29. The number of anilines is 7. The number of halogens is 1. The number of hydrogen-bond donors (Lipinski definition) is 6. The molecule has 0 radical (unpaired) electrons. The summed E-state index contributed by atoms with van der Waals surface area (Å²) in [5.74, 6) is -0.568. The molecular weight excluding hydrogens is 1080 g/mol. The molecule has 2 atom stereocenters. The fourth-order valence-corrected chi connectivity index (χ4v) is 9.90. The number of carbonyl (C=O) groups excluding carboxylic acids is 4. The van der Waals surface area contributed by atoms with Gasteiger partial charge in [0.1, 0.15) is 29.5 Å². The molecule has 0 aliphatic carbocycles. The lowest BCUT2D eigenvalue weighted by Crippen LogP contribution is -2.36. The summed E-state index contributed by atoms with van der Waals surface area (Å²) >= 11 is 0. The monoisotopic (exact) mass is 1140 g/mol. The third-order valence-electron chi connectivity index (χ3n) is 14.7. The van der Waals surface area contributed by atoms with Gasteiger partial charge in [-0.1, -0.05) is 72.8 Å². The number of fused-ring (bicyclic) bond motifs is 2. The van der Waals surface area contributed by atoms with Crippen LogP contribution in [0, 0.1) is 44.8 Å². The van der Waals surface area contributed by atoms with E-state index in [2.05, 4.69) is 52.1 Å². The molecule has 4 aromatic heterocycles. The number of nitrogens with zero attached hydrogens (tertiary/aromatic N) is 8. The van der Waals surface area contributed by atoms with E-state index in [0.717, 1.165) is 39.1 Å². The summed E-state index contributed by atoms with van der Waals surface area (Å²) in [5.41, 5.74) is 12.0. The number of nitriles is 1. The van der Waals surface area contributed by atoms with Crippen molar-refractivity contribution in [2.75, 3.05) is 52.5 Å². The minimum absolute atomic E-state index is 0.162. The van der Waals surface area contributed by atoms with Crippen LogP contribution in [0.4, 0.5) is 44.5 Å². The lowest BCUT2D eigenvalue weighted by molar-refractivity contribution is 0.0931. The number of nitrogens with one attached hydrogen (secondary N) is 6. The van der Waals surface area contributed by atoms with E-state index in [1.165, 1.54) is 24.8 Å². The molecule has 5 heterocycles. The van der Waals surface area contributed by atoms with E-state index in [9.17, 15) is 23.6 Å². The Kier molecular flexibility index (Phi) is 17.3. The second-order valence-corrected chi connectivity index (χ2v) is 20.6. The molecule has 0 saturated carbocycles. The maximum Gasteiger partial charge on any atom is 0.255 e. The van der Waals surface area contributed by atoms with Crippen LogP contribution in [-0.2, 0) is 4.74 Å². The normalized spacial score (nSPS) is 12.7. The van der Waals surface area contributed by atoms with Gasteiger partial charge in [-0.2, -0.15) is 15.5 Å². The summed E-state index contributed by atoms with van der Waals surface area (Å²) in [6.07, 6.45) is 6.23. The van der Waals surface area contributed by atoms with Crippen LogP contribution in [0.1, 0.15) is 106 Å². The van der Waals surface area contributed by atoms with E-state index in [0.29, 0.717) is 94.0 Å². The largest absolute Gasteiger partial charge is 0.378 e. The number of benzene rings is 6. The zero-order chi connectivity index (χ0) is 59.7. The van der Waals surface area contributed by atoms with Gasteiger partial charge in [0, 0.05) is 65.0 Å². The first-order valence-electron chi connectivity index (χ1n) is 27.5. The maximum atomic E-state index is 14.5. The molecule has 1 saturated heterocycles. The van der Waals surface area contributed by atoms with Crippen LogP contribution in [0.25, 0.3) is 11.0 Å². The highest BCUT2D eigenvalue weighted by molar-refractivity contribution is 6.06. The van der Waals surface area contributed by atoms with E-state index < -0.39 is 11.7 Å². The summed E-state index contributed by atoms with van der Waals surface area (Å²) in [5, 5.41) is 36.3. The molecule has 6 aromatic carbocycles. The molecule has 85 heavy (non-hydrogen) atoms. The Morgan fingerprint density at radius 2 is 1.05 bits per heavy atom. The highest BCUT2D eigenvalue weighted by Crippen LogP contribution is 2.32. The highest BCUT2D eigenvalue weighted by Gasteiger charge is 2.23. The predicted molar refractivity (Wildman–Crippen MR) is 326 cm³/mol. The molecule has 1 fully saturated rings. The van der Waals surface area contributed by atoms with E-state index in [4.69, 9.17) is 10.00 Å². The third-order valence-corrected chi connectivity index (χ3v) is 14.7. The van der Waals surface area contributed by atoms with Crippen LogP contribution in [0.15, 0.2) is 165 Å². The van der Waals surface area contributed by atoms with Crippen molar-refractivity contribution < 1.29 is 28.3 Å². The number of aryl methyl sites for hydroxylation is 4. The summed E-state index contributed by atoms with van der Waals surface area (Å²) < 4.78 is 23.2. The van der Waals surface area contributed by atoms with Gasteiger partial charge in [0.25, 0.3) is 23.6 Å². The molecule has 0 unspecified atom stereocenters. The second-order valence-electron chi connectivity index (χ2n) is 20.6. The Labute approximate surface area is 489 Å². The molecule has 428 valence electrons. The fourth-order valence-electron chi connectivity index (χ4n) is 9.90. The average molecular weight is 1140 g/mol. The molecule has 0 bridgehead atoms. The first kappa shape index (κ1) is 57.5. The predicted octanol–water partition coefficient (Wildman–Crippen LogP) is 11.5. The van der Waals surface area contributed by atoms with Gasteiger partial charge >= 0.3 is 0 Å². The summed E-state index contributed by atoms with van der Waals surface area (Å²) in [6, 6.07) is 43.0. The smallest absolute Gasteiger partial charge is 0.255 e. The van der Waals surface area contributed by atoms with Crippen molar-refractivity contribution in [3.05, 3.63) is 232 Å². The summed E-state index contributed by atoms with van der Waals surface area (Å²) in [6.45, 7) is 13.9. The summed E-state index contributed by atoms with van der Waals surface area (Å²) in [4.78, 5) is 63.3. The number of morpholine rings is 1. The molecule has 20 heteroatoms. The molecule has 10 aromatic rings. The quantitative estimate of drug-likeness (QED) is 0.0561. The van der Waals surface area contributed by atoms with Gasteiger partial charge < -0.3 is 41.5 Å². The zero-order valence-corrected chi connectivity index (χ0v) is 47.6. The van der Waals surface area contributed by atoms with Crippen LogP contribution in [0.3, 0.4) is 0 Å². The maximum absolute atomic E-state index is 14.5. The number of amides is 4. The number of hydrogen-bond acceptors (Lipinski definition) is 13. The van der Waals surface area contributed by atoms with E-state index >= 15 is 0 Å². The van der Waals surface area contributed by atoms with Crippen molar-refractivity contribution in [1.29, 1.82) is 5.26 Å². The van der Waals surface area contributed by atoms with Crippen molar-refractivity contribution in [3.63, 3.8) is 0 Å². The summed E-state index contributed by atoms with van der Waals surface area (Å²) in [7, 11) is 0. The number of aromatic nitrogens is 6. The molecule has 0 spiro atoms. The van der Waals surface area contributed by atoms with Gasteiger partial charge in [-0.25, -0.2) is 23.4 Å². The molecule has 6 N–H and O–H groups in total. The standard InChI is InChI=1S/C34H34FN7O3.C31H27N7O2/c1-21-9-10-27(39-33(43)25-15-26(35)17-28(16-25)41-11-13-45-14-12-41)18-30(21)40-32-31-22(2)29(19-42(31)37-20-36-32)34(44)38-23(3)24-7-5-4-6-8-24;1-19-9-14-25(36-30(39)24-12-10-22(16-32)11-13-24)15-27(19)37-29-28-20(2)26(17-38(28)34-18-33-29)31(40)35-21(3)23-7-5-4-6-8-23/h4-10,15-20,23H,11-14H2,1-3H3,(H,38,44)(H,39,43)(H,36,37,40);4-15,17-18,21H,1-3H3,(H,35,40)(H,36,39)(H,33,34,37)/t23-;21-/m00/s1. The molecular formula is C65H61FN14O5. The molecule has 1 aliphatic rings. The Morgan fingerprint density at radius 1 is 0.576 bits per heavy atom. The topological polar surface area (TPSA) is 237 Å². The third kappa shape index (κ3) is 13.3. The van der Waals surface area contributed by atoms with E-state index in [-0.39, 0.29) is 35.4 Å². The van der Waals surface area contributed by atoms with Crippen LogP contribution in [0.5, 0.6) is 0 Å². The van der Waals surface area contributed by atoms with Crippen molar-refractivity contribution in [1.82, 2.24) is 39.8 Å². The minimum atomic E-state index is -0.478. The molecule has 1 aliphatic heterocycles. The van der Waals surface area contributed by atoms with Crippen LogP contribution in [-0.4, -0.2) is 79.1 Å².